The predicted molar refractivity (Wildman–Crippen MR) is 95.0 cm³/mol. The molecule has 1 aliphatic rings. The van der Waals surface area contributed by atoms with E-state index in [0.717, 1.165) is 42.4 Å². The molecule has 0 saturated carbocycles. The van der Waals surface area contributed by atoms with Crippen LogP contribution < -0.4 is 4.74 Å². The Bertz CT molecular complexity index is 744. The zero-order valence-corrected chi connectivity index (χ0v) is 15.0. The van der Waals surface area contributed by atoms with Crippen molar-refractivity contribution in [2.45, 2.75) is 26.5 Å². The quantitative estimate of drug-likeness (QED) is 0.848. The summed E-state index contributed by atoms with van der Waals surface area (Å²) in [6.45, 7) is 6.60. The van der Waals surface area contributed by atoms with E-state index in [9.17, 15) is 4.79 Å². The van der Waals surface area contributed by atoms with Crippen LogP contribution >= 0.6 is 0 Å². The summed E-state index contributed by atoms with van der Waals surface area (Å²) in [5, 5.41) is 8.65. The van der Waals surface area contributed by atoms with Crippen molar-refractivity contribution in [3.05, 3.63) is 53.1 Å². The van der Waals surface area contributed by atoms with Crippen LogP contribution in [0.5, 0.6) is 5.75 Å². The lowest BCUT2D eigenvalue weighted by Crippen LogP contribution is -2.38. The van der Waals surface area contributed by atoms with Crippen molar-refractivity contribution in [2.24, 2.45) is 0 Å². The third-order valence-corrected chi connectivity index (χ3v) is 4.13. The Kier molecular flexibility index (Phi) is 5.80. The van der Waals surface area contributed by atoms with Crippen LogP contribution in [0.2, 0.25) is 0 Å². The zero-order valence-electron chi connectivity index (χ0n) is 15.0. The fourth-order valence-corrected chi connectivity index (χ4v) is 2.99. The summed E-state index contributed by atoms with van der Waals surface area (Å²) in [7, 11) is 0. The minimum Gasteiger partial charge on any atom is -0.482 e. The molecule has 0 radical (unpaired) electrons. The lowest BCUT2D eigenvalue weighted by Gasteiger charge is -2.32. The number of aromatic nitrogens is 2. The van der Waals surface area contributed by atoms with Crippen molar-refractivity contribution in [3.8, 4) is 5.75 Å². The van der Waals surface area contributed by atoms with Gasteiger partial charge in [-0.2, -0.15) is 0 Å². The first kappa shape index (κ1) is 18.3. The molecular formula is C19H23N3O4. The fraction of sp³-hybridized carbons (Fsp3) is 0.421. The average Bonchev–Trinajstić information content (AvgIpc) is 2.60. The second-order valence-corrected chi connectivity index (χ2v) is 6.43. The number of hydrogen-bond acceptors (Lipinski definition) is 6. The molecule has 138 valence electrons. The Hall–Kier alpha value is -2.51. The van der Waals surface area contributed by atoms with Gasteiger partial charge in [-0.05, 0) is 37.6 Å². The van der Waals surface area contributed by atoms with E-state index in [2.05, 4.69) is 14.9 Å². The van der Waals surface area contributed by atoms with Crippen LogP contribution in [0.1, 0.15) is 28.9 Å². The highest BCUT2D eigenvalue weighted by Gasteiger charge is 2.24. The van der Waals surface area contributed by atoms with Gasteiger partial charge < -0.3 is 14.6 Å². The zero-order chi connectivity index (χ0) is 18.5. The molecule has 2 heterocycles. The van der Waals surface area contributed by atoms with Gasteiger partial charge in [0.15, 0.2) is 12.4 Å². The molecule has 2 aromatic rings. The number of morpholine rings is 1. The monoisotopic (exact) mass is 357 g/mol. The molecule has 1 aromatic carbocycles. The van der Waals surface area contributed by atoms with Crippen molar-refractivity contribution < 1.29 is 19.4 Å². The molecule has 1 fully saturated rings. The second-order valence-electron chi connectivity index (χ2n) is 6.43. The molecule has 0 aliphatic carbocycles. The molecule has 1 N–H and O–H groups in total. The van der Waals surface area contributed by atoms with E-state index in [1.807, 2.05) is 32.0 Å². The van der Waals surface area contributed by atoms with Crippen LogP contribution in [0.25, 0.3) is 0 Å². The summed E-state index contributed by atoms with van der Waals surface area (Å²) in [5.74, 6) is 0.311. The van der Waals surface area contributed by atoms with Gasteiger partial charge in [0.2, 0.25) is 0 Å². The van der Waals surface area contributed by atoms with Crippen LogP contribution in [0.4, 0.5) is 0 Å². The predicted octanol–water partition coefficient (Wildman–Crippen LogP) is 2.13. The van der Waals surface area contributed by atoms with E-state index in [4.69, 9.17) is 14.6 Å². The number of benzene rings is 1. The highest BCUT2D eigenvalue weighted by Crippen LogP contribution is 2.22. The number of ether oxygens (including phenoxy) is 2. The molecule has 3 rings (SSSR count). The Labute approximate surface area is 152 Å². The smallest absolute Gasteiger partial charge is 0.341 e. The van der Waals surface area contributed by atoms with Gasteiger partial charge in [-0.1, -0.05) is 12.1 Å². The van der Waals surface area contributed by atoms with Crippen molar-refractivity contribution in [3.63, 3.8) is 0 Å². The lowest BCUT2D eigenvalue weighted by molar-refractivity contribution is -0.139. The summed E-state index contributed by atoms with van der Waals surface area (Å²) >= 11 is 0. The van der Waals surface area contributed by atoms with Gasteiger partial charge in [-0.3, -0.25) is 4.90 Å². The number of nitrogens with zero attached hydrogens (tertiary/aromatic N) is 3. The topological polar surface area (TPSA) is 84.8 Å². The van der Waals surface area contributed by atoms with E-state index in [1.54, 1.807) is 12.1 Å². The minimum absolute atomic E-state index is 0.125. The van der Waals surface area contributed by atoms with Gasteiger partial charge in [-0.15, -0.1) is 0 Å². The first-order chi connectivity index (χ1) is 12.5. The summed E-state index contributed by atoms with van der Waals surface area (Å²) < 4.78 is 11.0. The van der Waals surface area contributed by atoms with E-state index >= 15 is 0 Å². The van der Waals surface area contributed by atoms with Gasteiger partial charge >= 0.3 is 5.97 Å². The SMILES string of the molecule is Cc1cc(C)nc([C@H]2CN(Cc3ccc(OCC(=O)O)cc3)CCO2)n1. The van der Waals surface area contributed by atoms with Crippen LogP contribution in [0, 0.1) is 13.8 Å². The summed E-state index contributed by atoms with van der Waals surface area (Å²) in [6.07, 6.45) is -0.125. The number of hydrogen-bond donors (Lipinski definition) is 1. The molecule has 26 heavy (non-hydrogen) atoms. The van der Waals surface area contributed by atoms with Gasteiger partial charge in [-0.25, -0.2) is 14.8 Å². The summed E-state index contributed by atoms with van der Waals surface area (Å²) in [5.41, 5.74) is 3.03. The number of carboxylic acid groups (broad SMARTS) is 1. The normalized spacial score (nSPS) is 17.8. The van der Waals surface area contributed by atoms with Crippen LogP contribution in [-0.2, 0) is 16.1 Å². The van der Waals surface area contributed by atoms with Gasteiger partial charge in [0.25, 0.3) is 0 Å². The molecule has 0 amide bonds. The number of carbonyl (C=O) groups is 1. The molecule has 0 spiro atoms. The molecule has 0 unspecified atom stereocenters. The maximum Gasteiger partial charge on any atom is 0.341 e. The molecule has 1 atom stereocenters. The highest BCUT2D eigenvalue weighted by molar-refractivity contribution is 5.68. The maximum absolute atomic E-state index is 10.5. The molecule has 1 aromatic heterocycles. The van der Waals surface area contributed by atoms with Crippen LogP contribution in [-0.4, -0.2) is 52.2 Å². The van der Waals surface area contributed by atoms with E-state index in [1.165, 1.54) is 0 Å². The van der Waals surface area contributed by atoms with E-state index in [0.29, 0.717) is 12.4 Å². The fourth-order valence-electron chi connectivity index (χ4n) is 2.99. The van der Waals surface area contributed by atoms with Crippen LogP contribution in [0.15, 0.2) is 30.3 Å². The Morgan fingerprint density at radius 1 is 1.27 bits per heavy atom. The van der Waals surface area contributed by atoms with Crippen LogP contribution in [0.3, 0.4) is 0 Å². The molecular weight excluding hydrogens is 334 g/mol. The Balaban J connectivity index is 1.60. The largest absolute Gasteiger partial charge is 0.482 e. The highest BCUT2D eigenvalue weighted by atomic mass is 16.5. The molecule has 7 heteroatoms. The lowest BCUT2D eigenvalue weighted by atomic mass is 10.1. The first-order valence-electron chi connectivity index (χ1n) is 8.59. The molecule has 0 bridgehead atoms. The number of carboxylic acids is 1. The van der Waals surface area contributed by atoms with Gasteiger partial charge in [0.05, 0.1) is 6.61 Å². The molecule has 1 aliphatic heterocycles. The van der Waals surface area contributed by atoms with Gasteiger partial charge in [0.1, 0.15) is 11.9 Å². The van der Waals surface area contributed by atoms with E-state index < -0.39 is 5.97 Å². The maximum atomic E-state index is 10.5. The first-order valence-corrected chi connectivity index (χ1v) is 8.59. The minimum atomic E-state index is -0.984. The summed E-state index contributed by atoms with van der Waals surface area (Å²) in [4.78, 5) is 21.9. The average molecular weight is 357 g/mol. The third-order valence-electron chi connectivity index (χ3n) is 4.13. The van der Waals surface area contributed by atoms with Crippen molar-refractivity contribution in [2.75, 3.05) is 26.3 Å². The summed E-state index contributed by atoms with van der Waals surface area (Å²) in [6, 6.07) is 9.45. The number of aliphatic carboxylic acids is 1. The molecule has 1 saturated heterocycles. The standard InChI is InChI=1S/C19H23N3O4/c1-13-9-14(2)21-19(20-13)17-11-22(7-8-25-17)10-15-3-5-16(6-4-15)26-12-18(23)24/h3-6,9,17H,7-8,10-12H2,1-2H3,(H,23,24)/t17-/m1/s1. The molecule has 7 nitrogen and oxygen atoms in total. The second kappa shape index (κ2) is 8.25. The van der Waals surface area contributed by atoms with Crippen molar-refractivity contribution in [1.29, 1.82) is 0 Å². The Morgan fingerprint density at radius 2 is 1.96 bits per heavy atom. The Morgan fingerprint density at radius 3 is 2.62 bits per heavy atom. The van der Waals surface area contributed by atoms with Crippen molar-refractivity contribution in [1.82, 2.24) is 14.9 Å². The van der Waals surface area contributed by atoms with Gasteiger partial charge in [0, 0.05) is 31.0 Å². The number of aryl methyl sites for hydroxylation is 2. The third kappa shape index (κ3) is 5.00. The van der Waals surface area contributed by atoms with Crippen molar-refractivity contribution >= 4 is 5.97 Å². The number of rotatable bonds is 6. The van der Waals surface area contributed by atoms with E-state index in [-0.39, 0.29) is 12.7 Å².